The minimum absolute atomic E-state index is 0.187. The Balaban J connectivity index is 1.97. The Labute approximate surface area is 167 Å². The van der Waals surface area contributed by atoms with Crippen molar-refractivity contribution in [2.75, 3.05) is 0 Å². The Morgan fingerprint density at radius 2 is 0.964 bits per heavy atom. The highest BCUT2D eigenvalue weighted by molar-refractivity contribution is 5.83. The zero-order valence-electron chi connectivity index (χ0n) is 17.0. The van der Waals surface area contributed by atoms with Gasteiger partial charge in [0.2, 0.25) is 0 Å². The van der Waals surface area contributed by atoms with Crippen molar-refractivity contribution in [2.45, 2.75) is 38.5 Å². The zero-order chi connectivity index (χ0) is 19.8. The molecule has 4 bridgehead atoms. The van der Waals surface area contributed by atoms with Crippen LogP contribution in [0.3, 0.4) is 0 Å². The van der Waals surface area contributed by atoms with Crippen molar-refractivity contribution in [2.24, 2.45) is 9.98 Å². The van der Waals surface area contributed by atoms with Crippen LogP contribution in [0.2, 0.25) is 0 Å². The second kappa shape index (κ2) is 6.87. The summed E-state index contributed by atoms with van der Waals surface area (Å²) in [4.78, 5) is 9.64. The smallest absolute Gasteiger partial charge is 0.0882 e. The fourth-order valence-electron chi connectivity index (χ4n) is 3.49. The molecule has 0 atom stereocenters. The van der Waals surface area contributed by atoms with E-state index in [1.165, 1.54) is 22.3 Å². The standard InChI is InChI=1S/C26H26N2/c1-25(2)17-27-23-13-5-6-14-24(23)28-18-26(3,4)22-12-8-10-20(16-22)19-9-7-11-21(25)15-19/h5-18H,1-4H3. The lowest BCUT2D eigenvalue weighted by Gasteiger charge is -2.23. The van der Waals surface area contributed by atoms with Crippen molar-refractivity contribution in [1.82, 2.24) is 0 Å². The van der Waals surface area contributed by atoms with Crippen LogP contribution in [0.25, 0.3) is 11.1 Å². The van der Waals surface area contributed by atoms with Gasteiger partial charge in [0.25, 0.3) is 0 Å². The molecule has 1 aliphatic rings. The lowest BCUT2D eigenvalue weighted by molar-refractivity contribution is 0.733. The first-order valence-corrected chi connectivity index (χ1v) is 9.76. The molecule has 1 heterocycles. The van der Waals surface area contributed by atoms with Gasteiger partial charge >= 0.3 is 0 Å². The van der Waals surface area contributed by atoms with Gasteiger partial charge in [0, 0.05) is 23.3 Å². The molecule has 0 N–H and O–H groups in total. The summed E-state index contributed by atoms with van der Waals surface area (Å²) in [6.07, 6.45) is 4.07. The van der Waals surface area contributed by atoms with Gasteiger partial charge in [0.15, 0.2) is 0 Å². The van der Waals surface area contributed by atoms with Crippen LogP contribution in [0, 0.1) is 0 Å². The molecule has 2 heteroatoms. The van der Waals surface area contributed by atoms with E-state index in [1.807, 2.05) is 36.7 Å². The highest BCUT2D eigenvalue weighted by Crippen LogP contribution is 2.34. The van der Waals surface area contributed by atoms with Crippen LogP contribution in [-0.4, -0.2) is 12.4 Å². The third-order valence-corrected chi connectivity index (χ3v) is 5.48. The monoisotopic (exact) mass is 366 g/mol. The fraction of sp³-hybridized carbons (Fsp3) is 0.231. The predicted molar refractivity (Wildman–Crippen MR) is 121 cm³/mol. The van der Waals surface area contributed by atoms with Gasteiger partial charge in [-0.2, -0.15) is 0 Å². The van der Waals surface area contributed by atoms with Crippen molar-refractivity contribution in [3.63, 3.8) is 0 Å². The highest BCUT2D eigenvalue weighted by Gasteiger charge is 2.21. The third-order valence-electron chi connectivity index (χ3n) is 5.48. The number of para-hydroxylation sites is 2. The quantitative estimate of drug-likeness (QED) is 0.408. The van der Waals surface area contributed by atoms with Gasteiger partial charge in [0.05, 0.1) is 11.4 Å². The summed E-state index contributed by atoms with van der Waals surface area (Å²) in [6.45, 7) is 8.81. The topological polar surface area (TPSA) is 24.7 Å². The van der Waals surface area contributed by atoms with E-state index < -0.39 is 0 Å². The Hall–Kier alpha value is -3.00. The second-order valence-electron chi connectivity index (χ2n) is 8.61. The van der Waals surface area contributed by atoms with Crippen LogP contribution in [0.1, 0.15) is 38.8 Å². The highest BCUT2D eigenvalue weighted by atomic mass is 14.8. The summed E-state index contributed by atoms with van der Waals surface area (Å²) in [6, 6.07) is 25.6. The van der Waals surface area contributed by atoms with Gasteiger partial charge < -0.3 is 0 Å². The molecule has 0 saturated heterocycles. The van der Waals surface area contributed by atoms with Crippen LogP contribution >= 0.6 is 0 Å². The van der Waals surface area contributed by atoms with Gasteiger partial charge in [-0.3, -0.25) is 9.98 Å². The summed E-state index contributed by atoms with van der Waals surface area (Å²) >= 11 is 0. The number of nitrogens with zero attached hydrogens (tertiary/aromatic N) is 2. The first kappa shape index (κ1) is 18.4. The van der Waals surface area contributed by atoms with E-state index in [0.29, 0.717) is 0 Å². The van der Waals surface area contributed by atoms with Crippen LogP contribution in [0.4, 0.5) is 11.4 Å². The maximum absolute atomic E-state index is 4.82. The van der Waals surface area contributed by atoms with E-state index in [-0.39, 0.29) is 10.8 Å². The second-order valence-corrected chi connectivity index (χ2v) is 8.61. The third kappa shape index (κ3) is 3.55. The summed E-state index contributed by atoms with van der Waals surface area (Å²) in [5.74, 6) is 0. The molecule has 0 amide bonds. The molecule has 0 saturated carbocycles. The van der Waals surface area contributed by atoms with Crippen LogP contribution in [0.15, 0.2) is 82.8 Å². The minimum Gasteiger partial charge on any atom is -0.258 e. The number of aliphatic imine (C=N–C) groups is 2. The van der Waals surface area contributed by atoms with E-state index in [4.69, 9.17) is 9.98 Å². The van der Waals surface area contributed by atoms with Gasteiger partial charge in [-0.25, -0.2) is 0 Å². The number of hydrogen-bond donors (Lipinski definition) is 0. The first-order chi connectivity index (χ1) is 13.4. The largest absolute Gasteiger partial charge is 0.258 e. The maximum Gasteiger partial charge on any atom is 0.0882 e. The van der Waals surface area contributed by atoms with Crippen molar-refractivity contribution < 1.29 is 0 Å². The SMILES string of the molecule is CC1(C)C=Nc2ccccc2N=CC(C)(C)c2cccc(c2)-c2cccc1c2. The number of hydrogen-bond acceptors (Lipinski definition) is 2. The van der Waals surface area contributed by atoms with E-state index in [0.717, 1.165) is 11.4 Å². The van der Waals surface area contributed by atoms with Crippen molar-refractivity contribution in [3.05, 3.63) is 83.9 Å². The molecule has 0 spiro atoms. The van der Waals surface area contributed by atoms with E-state index in [9.17, 15) is 0 Å². The zero-order valence-corrected chi connectivity index (χ0v) is 17.0. The fourth-order valence-corrected chi connectivity index (χ4v) is 3.49. The lowest BCUT2D eigenvalue weighted by Crippen LogP contribution is -2.19. The molecule has 0 aromatic heterocycles. The Bertz CT molecular complexity index is 985. The molecule has 2 nitrogen and oxygen atoms in total. The van der Waals surface area contributed by atoms with Crippen molar-refractivity contribution in [1.29, 1.82) is 0 Å². The average Bonchev–Trinajstić information content (AvgIpc) is 2.71. The van der Waals surface area contributed by atoms with Crippen molar-refractivity contribution in [3.8, 4) is 11.1 Å². The minimum atomic E-state index is -0.187. The normalized spacial score (nSPS) is 16.9. The summed E-state index contributed by atoms with van der Waals surface area (Å²) in [5, 5.41) is 0. The lowest BCUT2D eigenvalue weighted by atomic mass is 9.82. The summed E-state index contributed by atoms with van der Waals surface area (Å²) in [5.41, 5.74) is 6.36. The predicted octanol–water partition coefficient (Wildman–Crippen LogP) is 7.03. The molecule has 1 aliphatic heterocycles. The van der Waals surface area contributed by atoms with Crippen molar-refractivity contribution >= 4 is 23.8 Å². The number of benzene rings is 3. The first-order valence-electron chi connectivity index (χ1n) is 9.76. The van der Waals surface area contributed by atoms with E-state index in [2.05, 4.69) is 76.2 Å². The molecule has 0 unspecified atom stereocenters. The number of rotatable bonds is 0. The summed E-state index contributed by atoms with van der Waals surface area (Å²) in [7, 11) is 0. The molecule has 28 heavy (non-hydrogen) atoms. The molecule has 140 valence electrons. The Morgan fingerprint density at radius 1 is 0.536 bits per heavy atom. The van der Waals surface area contributed by atoms with Crippen LogP contribution in [-0.2, 0) is 10.8 Å². The van der Waals surface area contributed by atoms with E-state index in [1.54, 1.807) is 0 Å². The van der Waals surface area contributed by atoms with E-state index >= 15 is 0 Å². The average molecular weight is 367 g/mol. The maximum atomic E-state index is 4.82. The molecule has 0 aliphatic carbocycles. The molecule has 4 rings (SSSR count). The summed E-state index contributed by atoms with van der Waals surface area (Å²) < 4.78 is 0. The Kier molecular flexibility index (Phi) is 4.50. The van der Waals surface area contributed by atoms with Gasteiger partial charge in [-0.1, -0.05) is 88.4 Å². The van der Waals surface area contributed by atoms with Gasteiger partial charge in [0.1, 0.15) is 0 Å². The number of fused-ring (bicyclic) bond motifs is 6. The van der Waals surface area contributed by atoms with Gasteiger partial charge in [-0.15, -0.1) is 0 Å². The molecular weight excluding hydrogens is 340 g/mol. The van der Waals surface area contributed by atoms with Gasteiger partial charge in [-0.05, 0) is 34.4 Å². The molecule has 0 fully saturated rings. The molecular formula is C26H26N2. The molecule has 3 aromatic rings. The molecule has 0 radical (unpaired) electrons. The Morgan fingerprint density at radius 3 is 1.39 bits per heavy atom. The van der Waals surface area contributed by atoms with Crippen LogP contribution in [0.5, 0.6) is 0 Å². The van der Waals surface area contributed by atoms with Crippen LogP contribution < -0.4 is 0 Å². The molecule has 3 aromatic carbocycles.